The standard InChI is InChI=1S/C29H29ClN8O3S/c30-25-18-33-29-35-23-12-20(15-32-16-23)3-4-21-14-22(34-28(25)37-29)5-6-26(21)36-27(39)13-19-7-10-38(11-8-19)42(40,41)24-2-1-9-31-17-24/h1-2,5-6,9,12,14-19H,3-4,7-8,10-11,13H2,(H,36,39)(H2,33,34,35,37). The van der Waals surface area contributed by atoms with Crippen LogP contribution in [0.25, 0.3) is 0 Å². The average Bonchev–Trinajstić information content (AvgIpc) is 3.00. The molecule has 2 aliphatic heterocycles. The van der Waals surface area contributed by atoms with Crippen LogP contribution in [0.1, 0.15) is 30.4 Å². The molecule has 0 saturated carbocycles. The van der Waals surface area contributed by atoms with Crippen molar-refractivity contribution in [3.63, 3.8) is 0 Å². The van der Waals surface area contributed by atoms with Crippen LogP contribution in [0.2, 0.25) is 5.02 Å². The number of sulfonamides is 1. The van der Waals surface area contributed by atoms with Gasteiger partial charge in [-0.2, -0.15) is 9.29 Å². The molecule has 0 spiro atoms. The molecule has 2 aliphatic rings. The number of fused-ring (bicyclic) bond motifs is 6. The molecular formula is C29H29ClN8O3S. The highest BCUT2D eigenvalue weighted by atomic mass is 35.5. The molecule has 0 radical (unpaired) electrons. The Balaban J connectivity index is 1.15. The summed E-state index contributed by atoms with van der Waals surface area (Å²) in [4.78, 5) is 30.4. The van der Waals surface area contributed by atoms with Gasteiger partial charge >= 0.3 is 0 Å². The van der Waals surface area contributed by atoms with Crippen molar-refractivity contribution in [2.24, 2.45) is 5.92 Å². The molecule has 0 aliphatic carbocycles. The maximum absolute atomic E-state index is 13.2. The second-order valence-corrected chi connectivity index (χ2v) is 12.7. The minimum absolute atomic E-state index is 0.0896. The molecule has 42 heavy (non-hydrogen) atoms. The van der Waals surface area contributed by atoms with E-state index in [1.807, 2.05) is 30.5 Å². The first-order valence-electron chi connectivity index (χ1n) is 13.7. The van der Waals surface area contributed by atoms with Crippen LogP contribution in [0.5, 0.6) is 0 Å². The number of aromatic nitrogens is 4. The monoisotopic (exact) mass is 604 g/mol. The van der Waals surface area contributed by atoms with Gasteiger partial charge in [0.25, 0.3) is 0 Å². The molecule has 1 amide bonds. The van der Waals surface area contributed by atoms with E-state index in [0.717, 1.165) is 28.2 Å². The number of anilines is 5. The highest BCUT2D eigenvalue weighted by molar-refractivity contribution is 7.89. The summed E-state index contributed by atoms with van der Waals surface area (Å²) in [5.41, 5.74) is 4.25. The van der Waals surface area contributed by atoms with E-state index >= 15 is 0 Å². The fourth-order valence-electron chi connectivity index (χ4n) is 5.22. The van der Waals surface area contributed by atoms with Gasteiger partial charge in [0.2, 0.25) is 21.9 Å². The number of hydrogen-bond donors (Lipinski definition) is 3. The van der Waals surface area contributed by atoms with E-state index in [-0.39, 0.29) is 16.7 Å². The molecule has 1 fully saturated rings. The Kier molecular flexibility index (Phi) is 8.00. The van der Waals surface area contributed by atoms with Crippen LogP contribution in [0.15, 0.2) is 72.3 Å². The summed E-state index contributed by atoms with van der Waals surface area (Å²) in [6.07, 6.45) is 10.9. The quantitative estimate of drug-likeness (QED) is 0.289. The number of carbonyl (C=O) groups is 1. The smallest absolute Gasteiger partial charge is 0.244 e. The normalized spacial score (nSPS) is 15.7. The Morgan fingerprint density at radius 2 is 1.86 bits per heavy atom. The van der Waals surface area contributed by atoms with E-state index in [4.69, 9.17) is 11.6 Å². The van der Waals surface area contributed by atoms with Gasteiger partial charge in [0, 0.05) is 49.5 Å². The van der Waals surface area contributed by atoms with Crippen molar-refractivity contribution in [1.82, 2.24) is 24.2 Å². The summed E-state index contributed by atoms with van der Waals surface area (Å²) in [7, 11) is -3.59. The van der Waals surface area contributed by atoms with Gasteiger partial charge < -0.3 is 16.0 Å². The first-order chi connectivity index (χ1) is 20.3. The Labute approximate surface area is 248 Å². The molecule has 0 atom stereocenters. The molecule has 4 aromatic rings. The molecule has 5 heterocycles. The van der Waals surface area contributed by atoms with Crippen molar-refractivity contribution in [3.8, 4) is 0 Å². The predicted molar refractivity (Wildman–Crippen MR) is 161 cm³/mol. The number of piperidine rings is 1. The zero-order valence-corrected chi connectivity index (χ0v) is 24.2. The lowest BCUT2D eigenvalue weighted by atomic mass is 9.94. The lowest BCUT2D eigenvalue weighted by molar-refractivity contribution is -0.117. The van der Waals surface area contributed by atoms with Crippen LogP contribution in [-0.4, -0.2) is 51.7 Å². The third-order valence-electron chi connectivity index (χ3n) is 7.44. The maximum atomic E-state index is 13.2. The van der Waals surface area contributed by atoms with E-state index < -0.39 is 10.0 Å². The van der Waals surface area contributed by atoms with Crippen LogP contribution < -0.4 is 16.0 Å². The van der Waals surface area contributed by atoms with Crippen LogP contribution in [0, 0.1) is 5.92 Å². The van der Waals surface area contributed by atoms with Gasteiger partial charge in [0.05, 0.1) is 18.1 Å². The van der Waals surface area contributed by atoms with Gasteiger partial charge in [-0.25, -0.2) is 13.4 Å². The first-order valence-corrected chi connectivity index (χ1v) is 15.5. The molecule has 3 aromatic heterocycles. The van der Waals surface area contributed by atoms with Crippen LogP contribution >= 0.6 is 11.6 Å². The molecule has 216 valence electrons. The number of hydrogen-bond acceptors (Lipinski definition) is 9. The SMILES string of the molecule is O=C(CC1CCN(S(=O)(=O)c2cccnc2)CC1)Nc1ccc2cc1CCc1cncc(c1)Nc1ncc(Cl)c(n1)N2. The fraction of sp³-hybridized carbons (Fsp3) is 0.276. The average molecular weight is 605 g/mol. The first kappa shape index (κ1) is 28.0. The lowest BCUT2D eigenvalue weighted by Gasteiger charge is -2.30. The van der Waals surface area contributed by atoms with Crippen molar-refractivity contribution in [2.45, 2.75) is 37.0 Å². The summed E-state index contributed by atoms with van der Waals surface area (Å²) < 4.78 is 27.3. The molecule has 6 bridgehead atoms. The van der Waals surface area contributed by atoms with E-state index in [1.54, 1.807) is 24.5 Å². The molecule has 13 heteroatoms. The molecular weight excluding hydrogens is 576 g/mol. The highest BCUT2D eigenvalue weighted by Crippen LogP contribution is 2.30. The number of amides is 1. The minimum atomic E-state index is -3.59. The maximum Gasteiger partial charge on any atom is 0.244 e. The Bertz CT molecular complexity index is 1710. The number of benzene rings is 1. The van der Waals surface area contributed by atoms with Crippen LogP contribution in [0.3, 0.4) is 0 Å². The second-order valence-electron chi connectivity index (χ2n) is 10.4. The topological polar surface area (TPSA) is 142 Å². The van der Waals surface area contributed by atoms with Crippen molar-refractivity contribution in [1.29, 1.82) is 0 Å². The fourth-order valence-corrected chi connectivity index (χ4v) is 6.79. The van der Waals surface area contributed by atoms with Crippen LogP contribution in [0.4, 0.5) is 28.8 Å². The van der Waals surface area contributed by atoms with E-state index in [0.29, 0.717) is 62.0 Å². The second kappa shape index (κ2) is 12.0. The van der Waals surface area contributed by atoms with Crippen molar-refractivity contribution >= 4 is 56.4 Å². The molecule has 0 unspecified atom stereocenters. The molecule has 1 aromatic carbocycles. The lowest BCUT2D eigenvalue weighted by Crippen LogP contribution is -2.39. The number of nitrogens with one attached hydrogen (secondary N) is 3. The zero-order valence-electron chi connectivity index (χ0n) is 22.6. The van der Waals surface area contributed by atoms with Crippen molar-refractivity contribution < 1.29 is 13.2 Å². The van der Waals surface area contributed by atoms with E-state index in [2.05, 4.69) is 35.9 Å². The number of pyridine rings is 2. The summed E-state index contributed by atoms with van der Waals surface area (Å²) in [5.74, 6) is 0.841. The summed E-state index contributed by atoms with van der Waals surface area (Å²) in [5, 5.41) is 9.91. The van der Waals surface area contributed by atoms with E-state index in [9.17, 15) is 13.2 Å². The minimum Gasteiger partial charge on any atom is -0.339 e. The Morgan fingerprint density at radius 1 is 1.00 bits per heavy atom. The summed E-state index contributed by atoms with van der Waals surface area (Å²) >= 11 is 6.37. The third kappa shape index (κ3) is 6.35. The number of aryl methyl sites for hydroxylation is 2. The van der Waals surface area contributed by atoms with Gasteiger partial charge in [-0.05, 0) is 79.1 Å². The van der Waals surface area contributed by atoms with Crippen molar-refractivity contribution in [2.75, 3.05) is 29.0 Å². The largest absolute Gasteiger partial charge is 0.339 e. The van der Waals surface area contributed by atoms with Crippen LogP contribution in [-0.2, 0) is 27.7 Å². The van der Waals surface area contributed by atoms with Gasteiger partial charge in [0.15, 0.2) is 5.82 Å². The number of halogens is 1. The van der Waals surface area contributed by atoms with Crippen molar-refractivity contribution in [3.05, 3.63) is 83.5 Å². The number of nitrogens with zero attached hydrogens (tertiary/aromatic N) is 5. The molecule has 3 N–H and O–H groups in total. The van der Waals surface area contributed by atoms with Gasteiger partial charge in [-0.15, -0.1) is 0 Å². The number of carbonyl (C=O) groups excluding carboxylic acids is 1. The molecule has 1 saturated heterocycles. The summed E-state index contributed by atoms with van der Waals surface area (Å²) in [6.45, 7) is 0.742. The van der Waals surface area contributed by atoms with E-state index in [1.165, 1.54) is 16.7 Å². The highest BCUT2D eigenvalue weighted by Gasteiger charge is 2.30. The summed E-state index contributed by atoms with van der Waals surface area (Å²) in [6, 6.07) is 10.9. The number of rotatable bonds is 5. The third-order valence-corrected chi connectivity index (χ3v) is 9.60. The van der Waals surface area contributed by atoms with Gasteiger partial charge in [-0.3, -0.25) is 14.8 Å². The zero-order chi connectivity index (χ0) is 29.1. The predicted octanol–water partition coefficient (Wildman–Crippen LogP) is 4.94. The molecule has 6 rings (SSSR count). The Hall–Kier alpha value is -4.13. The Morgan fingerprint density at radius 3 is 2.67 bits per heavy atom. The van der Waals surface area contributed by atoms with Gasteiger partial charge in [0.1, 0.15) is 9.92 Å². The molecule has 11 nitrogen and oxygen atoms in total. The van der Waals surface area contributed by atoms with Gasteiger partial charge in [-0.1, -0.05) is 11.6 Å².